The van der Waals surface area contributed by atoms with Crippen molar-refractivity contribution >= 4 is 23.1 Å². The lowest BCUT2D eigenvalue weighted by Crippen LogP contribution is -2.39. The Morgan fingerprint density at radius 2 is 2.19 bits per heavy atom. The number of nitrogens with zero attached hydrogens (tertiary/aromatic N) is 3. The summed E-state index contributed by atoms with van der Waals surface area (Å²) in [7, 11) is 0. The highest BCUT2D eigenvalue weighted by Crippen LogP contribution is 2.27. The van der Waals surface area contributed by atoms with Gasteiger partial charge in [-0.3, -0.25) is 5.10 Å². The van der Waals surface area contributed by atoms with Crippen LogP contribution in [0, 0.1) is 0 Å². The van der Waals surface area contributed by atoms with E-state index in [9.17, 15) is 9.90 Å². The van der Waals surface area contributed by atoms with Crippen molar-refractivity contribution in [3.05, 3.63) is 53.7 Å². The Morgan fingerprint density at radius 3 is 2.88 bits per heavy atom. The van der Waals surface area contributed by atoms with Crippen molar-refractivity contribution in [2.75, 3.05) is 11.9 Å². The number of hydrogen-bond donors (Lipinski definition) is 3. The maximum absolute atomic E-state index is 12.8. The monoisotopic (exact) mass is 371 g/mol. The summed E-state index contributed by atoms with van der Waals surface area (Å²) < 4.78 is 0. The molecule has 1 atom stereocenters. The summed E-state index contributed by atoms with van der Waals surface area (Å²) in [5.74, 6) is 0. The molecule has 26 heavy (non-hydrogen) atoms. The molecule has 2 aromatic heterocycles. The smallest absolute Gasteiger partial charge is 0.322 e. The van der Waals surface area contributed by atoms with Gasteiger partial charge in [-0.1, -0.05) is 37.3 Å². The minimum Gasteiger partial charge on any atom is -0.391 e. The number of thiazole rings is 1. The number of urea groups is 1. The van der Waals surface area contributed by atoms with Crippen molar-refractivity contribution in [2.24, 2.45) is 0 Å². The number of aliphatic hydroxyl groups is 1. The first-order valence-corrected chi connectivity index (χ1v) is 9.26. The van der Waals surface area contributed by atoms with E-state index < -0.39 is 6.10 Å². The number of carbonyl (C=O) groups excluding carboxylic acids is 1. The minimum absolute atomic E-state index is 0.252. The number of aromatic nitrogens is 3. The number of H-pyrrole nitrogens is 1. The zero-order valence-corrected chi connectivity index (χ0v) is 15.2. The Hall–Kier alpha value is -2.71. The number of anilines is 1. The predicted molar refractivity (Wildman–Crippen MR) is 102 cm³/mol. The molecule has 0 saturated carbocycles. The number of carbonyl (C=O) groups is 1. The van der Waals surface area contributed by atoms with Gasteiger partial charge < -0.3 is 15.3 Å². The van der Waals surface area contributed by atoms with Gasteiger partial charge in [-0.2, -0.15) is 5.10 Å². The average molecular weight is 371 g/mol. The Balaban J connectivity index is 1.76. The molecule has 0 aliphatic rings. The van der Waals surface area contributed by atoms with Gasteiger partial charge in [0.25, 0.3) is 0 Å². The second-order valence-electron chi connectivity index (χ2n) is 5.85. The van der Waals surface area contributed by atoms with Crippen molar-refractivity contribution in [3.8, 4) is 10.7 Å². The van der Waals surface area contributed by atoms with Crippen molar-refractivity contribution in [1.82, 2.24) is 20.1 Å². The molecule has 136 valence electrons. The molecule has 3 aromatic rings. The maximum Gasteiger partial charge on any atom is 0.322 e. The first-order chi connectivity index (χ1) is 12.7. The van der Waals surface area contributed by atoms with Gasteiger partial charge in [-0.05, 0) is 12.0 Å². The van der Waals surface area contributed by atoms with Crippen LogP contribution in [-0.4, -0.2) is 43.9 Å². The van der Waals surface area contributed by atoms with Gasteiger partial charge in [-0.25, -0.2) is 9.78 Å². The van der Waals surface area contributed by atoms with E-state index >= 15 is 0 Å². The number of hydrogen-bond acceptors (Lipinski definition) is 5. The zero-order valence-electron chi connectivity index (χ0n) is 14.4. The van der Waals surface area contributed by atoms with Gasteiger partial charge in [0, 0.05) is 24.7 Å². The fourth-order valence-corrected chi connectivity index (χ4v) is 3.14. The molecule has 0 spiro atoms. The lowest BCUT2D eigenvalue weighted by molar-refractivity contribution is 0.119. The molecule has 0 fully saturated rings. The van der Waals surface area contributed by atoms with Gasteiger partial charge in [0.2, 0.25) is 0 Å². The van der Waals surface area contributed by atoms with E-state index in [1.807, 2.05) is 42.6 Å². The molecule has 3 N–H and O–H groups in total. The molecule has 0 bridgehead atoms. The summed E-state index contributed by atoms with van der Waals surface area (Å²) in [5, 5.41) is 22.4. The van der Waals surface area contributed by atoms with E-state index in [4.69, 9.17) is 0 Å². The van der Waals surface area contributed by atoms with E-state index in [1.165, 1.54) is 11.3 Å². The lowest BCUT2D eigenvalue weighted by Gasteiger charge is -2.25. The second-order valence-corrected chi connectivity index (χ2v) is 6.75. The molecule has 0 aliphatic carbocycles. The standard InChI is InChI=1S/C18H21N5O2S/c1-2-14(24)12-23(11-13-6-4-3-5-7-13)18(25)21-15-10-20-22-16(15)17-19-8-9-26-17/h3-10,14,24H,2,11-12H2,1H3,(H,20,22)(H,21,25). The van der Waals surface area contributed by atoms with Crippen LogP contribution in [0.3, 0.4) is 0 Å². The summed E-state index contributed by atoms with van der Waals surface area (Å²) in [4.78, 5) is 18.7. The first-order valence-electron chi connectivity index (χ1n) is 8.38. The highest BCUT2D eigenvalue weighted by molar-refractivity contribution is 7.13. The second kappa shape index (κ2) is 8.59. The number of amides is 2. The van der Waals surface area contributed by atoms with Crippen LogP contribution in [0.25, 0.3) is 10.7 Å². The molecule has 7 nitrogen and oxygen atoms in total. The Bertz CT molecular complexity index is 819. The van der Waals surface area contributed by atoms with E-state index in [0.29, 0.717) is 24.3 Å². The quantitative estimate of drug-likeness (QED) is 0.594. The number of benzene rings is 1. The first kappa shape index (κ1) is 18.1. The fourth-order valence-electron chi connectivity index (χ4n) is 2.49. The largest absolute Gasteiger partial charge is 0.391 e. The molecule has 0 aliphatic heterocycles. The predicted octanol–water partition coefficient (Wildman–Crippen LogP) is 3.34. The van der Waals surface area contributed by atoms with Crippen LogP contribution in [0.4, 0.5) is 10.5 Å². The number of nitrogens with one attached hydrogen (secondary N) is 2. The Kier molecular flexibility index (Phi) is 5.98. The fraction of sp³-hybridized carbons (Fsp3) is 0.278. The number of aromatic amines is 1. The highest BCUT2D eigenvalue weighted by atomic mass is 32.1. The summed E-state index contributed by atoms with van der Waals surface area (Å²) in [6.45, 7) is 2.55. The van der Waals surface area contributed by atoms with Crippen molar-refractivity contribution in [3.63, 3.8) is 0 Å². The number of aliphatic hydroxyl groups excluding tert-OH is 1. The normalized spacial score (nSPS) is 11.9. The van der Waals surface area contributed by atoms with Crippen LogP contribution in [0.5, 0.6) is 0 Å². The SMILES string of the molecule is CCC(O)CN(Cc1ccccc1)C(=O)Nc1cn[nH]c1-c1nccs1. The maximum atomic E-state index is 12.8. The molecule has 1 aromatic carbocycles. The molecule has 1 unspecified atom stereocenters. The number of rotatable bonds is 7. The third-order valence-corrected chi connectivity index (χ3v) is 4.72. The topological polar surface area (TPSA) is 94.1 Å². The van der Waals surface area contributed by atoms with Gasteiger partial charge >= 0.3 is 6.03 Å². The third kappa shape index (κ3) is 4.47. The van der Waals surface area contributed by atoms with Gasteiger partial charge in [0.1, 0.15) is 10.7 Å². The van der Waals surface area contributed by atoms with Crippen molar-refractivity contribution in [2.45, 2.75) is 26.0 Å². The molecular formula is C18H21N5O2S. The van der Waals surface area contributed by atoms with Crippen LogP contribution in [0.15, 0.2) is 48.1 Å². The molecule has 2 heterocycles. The summed E-state index contributed by atoms with van der Waals surface area (Å²) >= 11 is 1.46. The molecular weight excluding hydrogens is 350 g/mol. The third-order valence-electron chi connectivity index (χ3n) is 3.93. The van der Waals surface area contributed by atoms with Crippen LogP contribution >= 0.6 is 11.3 Å². The molecule has 8 heteroatoms. The van der Waals surface area contributed by atoms with E-state index in [2.05, 4.69) is 20.5 Å². The van der Waals surface area contributed by atoms with Crippen LogP contribution < -0.4 is 5.32 Å². The van der Waals surface area contributed by atoms with Gasteiger partial charge in [-0.15, -0.1) is 11.3 Å². The van der Waals surface area contributed by atoms with Gasteiger partial charge in [0.05, 0.1) is 18.0 Å². The minimum atomic E-state index is -0.577. The van der Waals surface area contributed by atoms with Gasteiger partial charge in [0.15, 0.2) is 0 Å². The van der Waals surface area contributed by atoms with Crippen LogP contribution in [-0.2, 0) is 6.54 Å². The molecule has 0 saturated heterocycles. The van der Waals surface area contributed by atoms with E-state index in [-0.39, 0.29) is 12.6 Å². The van der Waals surface area contributed by atoms with E-state index in [0.717, 1.165) is 10.6 Å². The van der Waals surface area contributed by atoms with Crippen molar-refractivity contribution < 1.29 is 9.90 Å². The summed E-state index contributed by atoms with van der Waals surface area (Å²) in [6, 6.07) is 9.41. The summed E-state index contributed by atoms with van der Waals surface area (Å²) in [6.07, 6.45) is 3.26. The summed E-state index contributed by atoms with van der Waals surface area (Å²) in [5.41, 5.74) is 2.23. The Morgan fingerprint density at radius 1 is 1.38 bits per heavy atom. The zero-order chi connectivity index (χ0) is 18.4. The molecule has 0 radical (unpaired) electrons. The molecule has 3 rings (SSSR count). The average Bonchev–Trinajstić information content (AvgIpc) is 3.33. The van der Waals surface area contributed by atoms with Crippen LogP contribution in [0.2, 0.25) is 0 Å². The van der Waals surface area contributed by atoms with Crippen molar-refractivity contribution in [1.29, 1.82) is 0 Å². The van der Waals surface area contributed by atoms with E-state index in [1.54, 1.807) is 17.3 Å². The molecule has 2 amide bonds. The highest BCUT2D eigenvalue weighted by Gasteiger charge is 2.20. The lowest BCUT2D eigenvalue weighted by atomic mass is 10.2. The Labute approximate surface area is 155 Å². The van der Waals surface area contributed by atoms with Crippen LogP contribution in [0.1, 0.15) is 18.9 Å².